The number of nitrogens with two attached hydrogens (primary N) is 1. The maximum absolute atomic E-state index is 5.81. The molecule has 1 aliphatic heterocycles. The van der Waals surface area contributed by atoms with Crippen molar-refractivity contribution in [2.45, 2.75) is 32.0 Å². The SMILES string of the molecule is COCc1ccccc1CN1CCCC1CN. The molecule has 1 atom stereocenters. The van der Waals surface area contributed by atoms with E-state index in [1.54, 1.807) is 7.11 Å². The van der Waals surface area contributed by atoms with E-state index in [2.05, 4.69) is 29.2 Å². The van der Waals surface area contributed by atoms with Crippen LogP contribution in [0.3, 0.4) is 0 Å². The Hall–Kier alpha value is -0.900. The van der Waals surface area contributed by atoms with Gasteiger partial charge in [0.2, 0.25) is 0 Å². The zero-order valence-electron chi connectivity index (χ0n) is 10.6. The average Bonchev–Trinajstić information content (AvgIpc) is 2.79. The van der Waals surface area contributed by atoms with Gasteiger partial charge in [-0.1, -0.05) is 24.3 Å². The Morgan fingerprint density at radius 3 is 2.82 bits per heavy atom. The van der Waals surface area contributed by atoms with E-state index in [1.165, 1.54) is 30.5 Å². The van der Waals surface area contributed by atoms with Gasteiger partial charge in [-0.25, -0.2) is 0 Å². The Morgan fingerprint density at radius 1 is 1.35 bits per heavy atom. The molecule has 3 nitrogen and oxygen atoms in total. The molecule has 1 fully saturated rings. The molecule has 94 valence electrons. The molecule has 1 saturated heterocycles. The van der Waals surface area contributed by atoms with Gasteiger partial charge in [0, 0.05) is 26.2 Å². The minimum absolute atomic E-state index is 0.561. The highest BCUT2D eigenvalue weighted by Crippen LogP contribution is 2.21. The fraction of sp³-hybridized carbons (Fsp3) is 0.571. The molecule has 17 heavy (non-hydrogen) atoms. The van der Waals surface area contributed by atoms with Crippen LogP contribution in [0.15, 0.2) is 24.3 Å². The van der Waals surface area contributed by atoms with Crippen molar-refractivity contribution >= 4 is 0 Å². The minimum Gasteiger partial charge on any atom is -0.380 e. The zero-order chi connectivity index (χ0) is 12.1. The van der Waals surface area contributed by atoms with Gasteiger partial charge in [0.05, 0.1) is 6.61 Å². The Labute approximate surface area is 104 Å². The molecule has 0 amide bonds. The molecule has 1 aliphatic rings. The first kappa shape index (κ1) is 12.6. The van der Waals surface area contributed by atoms with Crippen molar-refractivity contribution in [1.82, 2.24) is 4.90 Å². The standard InChI is InChI=1S/C14H22N2O/c1-17-11-13-6-3-2-5-12(13)10-16-8-4-7-14(16)9-15/h2-3,5-6,14H,4,7-11,15H2,1H3. The number of likely N-dealkylation sites (tertiary alicyclic amines) is 1. The Bertz CT molecular complexity index is 354. The number of hydrogen-bond donors (Lipinski definition) is 1. The van der Waals surface area contributed by atoms with Crippen molar-refractivity contribution < 1.29 is 4.74 Å². The van der Waals surface area contributed by atoms with Gasteiger partial charge < -0.3 is 10.5 Å². The first-order valence-corrected chi connectivity index (χ1v) is 6.35. The van der Waals surface area contributed by atoms with Crippen molar-refractivity contribution in [2.75, 3.05) is 20.2 Å². The number of nitrogens with zero attached hydrogens (tertiary/aromatic N) is 1. The summed E-state index contributed by atoms with van der Waals surface area (Å²) >= 11 is 0. The summed E-state index contributed by atoms with van der Waals surface area (Å²) in [4.78, 5) is 2.49. The molecule has 0 aromatic heterocycles. The maximum atomic E-state index is 5.81. The summed E-state index contributed by atoms with van der Waals surface area (Å²) in [5.74, 6) is 0. The van der Waals surface area contributed by atoms with Gasteiger partial charge in [0.1, 0.15) is 0 Å². The van der Waals surface area contributed by atoms with Gasteiger partial charge in [-0.2, -0.15) is 0 Å². The van der Waals surface area contributed by atoms with E-state index in [0.717, 1.165) is 13.1 Å². The average molecular weight is 234 g/mol. The third-order valence-electron chi connectivity index (χ3n) is 3.56. The molecule has 3 heteroatoms. The van der Waals surface area contributed by atoms with E-state index in [9.17, 15) is 0 Å². The number of methoxy groups -OCH3 is 1. The molecule has 0 spiro atoms. The van der Waals surface area contributed by atoms with E-state index < -0.39 is 0 Å². The fourth-order valence-corrected chi connectivity index (χ4v) is 2.60. The van der Waals surface area contributed by atoms with Crippen LogP contribution in [0.4, 0.5) is 0 Å². The van der Waals surface area contributed by atoms with Gasteiger partial charge in [-0.05, 0) is 30.5 Å². The van der Waals surface area contributed by atoms with Crippen LogP contribution in [0.5, 0.6) is 0 Å². The van der Waals surface area contributed by atoms with Crippen LogP contribution in [0, 0.1) is 0 Å². The molecular formula is C14H22N2O. The van der Waals surface area contributed by atoms with Gasteiger partial charge >= 0.3 is 0 Å². The molecule has 0 bridgehead atoms. The summed E-state index contributed by atoms with van der Waals surface area (Å²) in [5.41, 5.74) is 8.47. The van der Waals surface area contributed by atoms with E-state index >= 15 is 0 Å². The highest BCUT2D eigenvalue weighted by Gasteiger charge is 2.23. The highest BCUT2D eigenvalue weighted by atomic mass is 16.5. The Kier molecular flexibility index (Phi) is 4.54. The number of hydrogen-bond acceptors (Lipinski definition) is 3. The summed E-state index contributed by atoms with van der Waals surface area (Å²) in [5, 5.41) is 0. The fourth-order valence-electron chi connectivity index (χ4n) is 2.60. The monoisotopic (exact) mass is 234 g/mol. The third-order valence-corrected chi connectivity index (χ3v) is 3.56. The van der Waals surface area contributed by atoms with Crippen LogP contribution in [0.25, 0.3) is 0 Å². The quantitative estimate of drug-likeness (QED) is 0.843. The second kappa shape index (κ2) is 6.15. The first-order chi connectivity index (χ1) is 8.35. The van der Waals surface area contributed by atoms with Crippen LogP contribution in [-0.4, -0.2) is 31.1 Å². The van der Waals surface area contributed by atoms with Gasteiger partial charge in [-0.3, -0.25) is 4.90 Å². The van der Waals surface area contributed by atoms with Gasteiger partial charge in [0.15, 0.2) is 0 Å². The second-order valence-corrected chi connectivity index (χ2v) is 4.70. The number of rotatable bonds is 5. The van der Waals surface area contributed by atoms with Crippen LogP contribution in [0.2, 0.25) is 0 Å². The predicted octanol–water partition coefficient (Wildman–Crippen LogP) is 1.76. The summed E-state index contributed by atoms with van der Waals surface area (Å²) in [6.45, 7) is 3.63. The van der Waals surface area contributed by atoms with Gasteiger partial charge in [-0.15, -0.1) is 0 Å². The molecule has 1 unspecified atom stereocenters. The lowest BCUT2D eigenvalue weighted by Gasteiger charge is -2.24. The normalized spacial score (nSPS) is 20.9. The summed E-state index contributed by atoms with van der Waals surface area (Å²) < 4.78 is 5.24. The molecule has 2 rings (SSSR count). The maximum Gasteiger partial charge on any atom is 0.0716 e. The van der Waals surface area contributed by atoms with E-state index in [0.29, 0.717) is 12.6 Å². The number of benzene rings is 1. The van der Waals surface area contributed by atoms with Crippen molar-refractivity contribution in [1.29, 1.82) is 0 Å². The zero-order valence-corrected chi connectivity index (χ0v) is 10.6. The topological polar surface area (TPSA) is 38.5 Å². The van der Waals surface area contributed by atoms with E-state index in [-0.39, 0.29) is 0 Å². The molecule has 1 heterocycles. The lowest BCUT2D eigenvalue weighted by Crippen LogP contribution is -2.35. The van der Waals surface area contributed by atoms with Crippen LogP contribution in [0.1, 0.15) is 24.0 Å². The van der Waals surface area contributed by atoms with Crippen LogP contribution < -0.4 is 5.73 Å². The smallest absolute Gasteiger partial charge is 0.0716 e. The summed E-state index contributed by atoms with van der Waals surface area (Å²) in [6.07, 6.45) is 2.51. The van der Waals surface area contributed by atoms with Crippen molar-refractivity contribution in [3.8, 4) is 0 Å². The lowest BCUT2D eigenvalue weighted by atomic mass is 10.1. The minimum atomic E-state index is 0.561. The van der Waals surface area contributed by atoms with Crippen LogP contribution >= 0.6 is 0 Å². The summed E-state index contributed by atoms with van der Waals surface area (Å²) in [7, 11) is 1.75. The van der Waals surface area contributed by atoms with Crippen LogP contribution in [-0.2, 0) is 17.9 Å². The van der Waals surface area contributed by atoms with Gasteiger partial charge in [0.25, 0.3) is 0 Å². The largest absolute Gasteiger partial charge is 0.380 e. The van der Waals surface area contributed by atoms with Crippen molar-refractivity contribution in [2.24, 2.45) is 5.73 Å². The van der Waals surface area contributed by atoms with Crippen molar-refractivity contribution in [3.63, 3.8) is 0 Å². The lowest BCUT2D eigenvalue weighted by molar-refractivity contribution is 0.181. The number of ether oxygens (including phenoxy) is 1. The Morgan fingerprint density at radius 2 is 2.12 bits per heavy atom. The summed E-state index contributed by atoms with van der Waals surface area (Å²) in [6, 6.07) is 9.07. The predicted molar refractivity (Wildman–Crippen MR) is 69.6 cm³/mol. The first-order valence-electron chi connectivity index (χ1n) is 6.35. The second-order valence-electron chi connectivity index (χ2n) is 4.70. The Balaban J connectivity index is 2.07. The molecule has 0 radical (unpaired) electrons. The molecular weight excluding hydrogens is 212 g/mol. The third kappa shape index (κ3) is 3.06. The molecule has 1 aromatic carbocycles. The van der Waals surface area contributed by atoms with Crippen molar-refractivity contribution in [3.05, 3.63) is 35.4 Å². The molecule has 0 aliphatic carbocycles. The van der Waals surface area contributed by atoms with E-state index in [1.807, 2.05) is 0 Å². The molecule has 0 saturated carbocycles. The highest BCUT2D eigenvalue weighted by molar-refractivity contribution is 5.26. The molecule has 2 N–H and O–H groups in total. The molecule has 1 aromatic rings. The van der Waals surface area contributed by atoms with E-state index in [4.69, 9.17) is 10.5 Å².